The summed E-state index contributed by atoms with van der Waals surface area (Å²) in [4.78, 5) is 21.6. The first-order chi connectivity index (χ1) is 7.09. The summed E-state index contributed by atoms with van der Waals surface area (Å²) in [5.74, 6) is -1.89. The summed E-state index contributed by atoms with van der Waals surface area (Å²) >= 11 is 0. The van der Waals surface area contributed by atoms with Crippen LogP contribution in [-0.4, -0.2) is 16.8 Å². The van der Waals surface area contributed by atoms with Gasteiger partial charge in [0.05, 0.1) is 6.42 Å². The Morgan fingerprint density at radius 1 is 1.27 bits per heavy atom. The molecule has 78 valence electrons. The van der Waals surface area contributed by atoms with E-state index in [9.17, 15) is 14.7 Å². The van der Waals surface area contributed by atoms with Crippen molar-refractivity contribution in [3.8, 4) is 0 Å². The zero-order chi connectivity index (χ0) is 11.3. The molecular weight excluding hydrogens is 194 g/mol. The van der Waals surface area contributed by atoms with Crippen LogP contribution in [0.1, 0.15) is 12.0 Å². The summed E-state index contributed by atoms with van der Waals surface area (Å²) in [7, 11) is 0. The van der Waals surface area contributed by atoms with Gasteiger partial charge in [-0.3, -0.25) is 9.59 Å². The number of carbonyl (C=O) groups is 2. The lowest BCUT2D eigenvalue weighted by atomic mass is 10.1. The van der Waals surface area contributed by atoms with E-state index in [0.717, 1.165) is 0 Å². The fourth-order valence-corrected chi connectivity index (χ4v) is 1.04. The number of benzene rings is 1. The molecule has 0 saturated heterocycles. The maximum atomic E-state index is 11.1. The van der Waals surface area contributed by atoms with Gasteiger partial charge in [-0.2, -0.15) is 0 Å². The maximum Gasteiger partial charge on any atom is 0.225 e. The summed E-state index contributed by atoms with van der Waals surface area (Å²) in [5, 5.41) is 9.32. The van der Waals surface area contributed by atoms with Gasteiger partial charge in [0, 0.05) is 0 Å². The van der Waals surface area contributed by atoms with E-state index in [1.807, 2.05) is 6.07 Å². The second-order valence-corrected chi connectivity index (χ2v) is 3.01. The Morgan fingerprint density at radius 2 is 1.87 bits per heavy atom. The standard InChI is InChI=1S/C11H11NO3/c12-11(15)7-10(14)9(13)6-8-4-2-1-3-5-8/h1-6,13H,7H2,(H2,12,15). The van der Waals surface area contributed by atoms with Gasteiger partial charge in [-0.25, -0.2) is 0 Å². The van der Waals surface area contributed by atoms with Crippen molar-refractivity contribution in [2.45, 2.75) is 6.42 Å². The molecule has 0 aliphatic heterocycles. The van der Waals surface area contributed by atoms with Crippen LogP contribution in [0.5, 0.6) is 0 Å². The van der Waals surface area contributed by atoms with Crippen LogP contribution in [0.4, 0.5) is 0 Å². The Bertz CT molecular complexity index is 396. The van der Waals surface area contributed by atoms with Crippen molar-refractivity contribution in [3.63, 3.8) is 0 Å². The minimum absolute atomic E-state index is 0.458. The lowest BCUT2D eigenvalue weighted by molar-refractivity contribution is -0.125. The number of Topliss-reactive ketones (excluding diaryl/α,β-unsaturated/α-hetero) is 1. The predicted octanol–water partition coefficient (Wildman–Crippen LogP) is 1.03. The molecule has 0 heterocycles. The van der Waals surface area contributed by atoms with Crippen molar-refractivity contribution >= 4 is 17.8 Å². The van der Waals surface area contributed by atoms with Gasteiger partial charge >= 0.3 is 0 Å². The topological polar surface area (TPSA) is 80.4 Å². The molecule has 0 unspecified atom stereocenters. The van der Waals surface area contributed by atoms with E-state index in [1.165, 1.54) is 6.08 Å². The van der Waals surface area contributed by atoms with E-state index in [-0.39, 0.29) is 0 Å². The summed E-state index contributed by atoms with van der Waals surface area (Å²) in [5.41, 5.74) is 5.51. The van der Waals surface area contributed by atoms with Gasteiger partial charge in [-0.15, -0.1) is 0 Å². The highest BCUT2D eigenvalue weighted by Crippen LogP contribution is 2.06. The lowest BCUT2D eigenvalue weighted by Crippen LogP contribution is -2.17. The molecule has 0 fully saturated rings. The zero-order valence-electron chi connectivity index (χ0n) is 8.01. The molecular formula is C11H11NO3. The molecule has 0 bridgehead atoms. The number of allylic oxidation sites excluding steroid dienone is 1. The second kappa shape index (κ2) is 4.95. The first-order valence-electron chi connectivity index (χ1n) is 4.37. The van der Waals surface area contributed by atoms with E-state index in [4.69, 9.17) is 5.73 Å². The van der Waals surface area contributed by atoms with E-state index in [0.29, 0.717) is 5.56 Å². The fraction of sp³-hybridized carbons (Fsp3) is 0.0909. The molecule has 0 aromatic heterocycles. The molecule has 1 rings (SSSR count). The Labute approximate surface area is 87.0 Å². The number of rotatable bonds is 4. The molecule has 0 saturated carbocycles. The Hall–Kier alpha value is -2.10. The molecule has 1 aromatic carbocycles. The molecule has 0 spiro atoms. The van der Waals surface area contributed by atoms with Crippen LogP contribution < -0.4 is 5.73 Å². The highest BCUT2D eigenvalue weighted by Gasteiger charge is 2.10. The zero-order valence-corrected chi connectivity index (χ0v) is 8.01. The van der Waals surface area contributed by atoms with Crippen molar-refractivity contribution in [1.82, 2.24) is 0 Å². The molecule has 0 aliphatic rings. The first kappa shape index (κ1) is 11.0. The SMILES string of the molecule is NC(=O)CC(=O)C(O)=Cc1ccccc1. The number of aliphatic hydroxyl groups is 1. The molecule has 0 aliphatic carbocycles. The van der Waals surface area contributed by atoms with Crippen LogP contribution in [0.2, 0.25) is 0 Å². The third kappa shape index (κ3) is 3.64. The summed E-state index contributed by atoms with van der Waals surface area (Å²) in [6.07, 6.45) is 0.820. The summed E-state index contributed by atoms with van der Waals surface area (Å²) < 4.78 is 0. The molecule has 3 N–H and O–H groups in total. The van der Waals surface area contributed by atoms with Crippen LogP contribution in [-0.2, 0) is 9.59 Å². The average Bonchev–Trinajstić information content (AvgIpc) is 2.18. The lowest BCUT2D eigenvalue weighted by Gasteiger charge is -1.97. The number of primary amides is 1. The normalized spacial score (nSPS) is 11.1. The summed E-state index contributed by atoms with van der Waals surface area (Å²) in [6, 6.07) is 8.83. The number of ketones is 1. The molecule has 4 heteroatoms. The molecule has 0 radical (unpaired) electrons. The minimum atomic E-state index is -0.756. The van der Waals surface area contributed by atoms with Crippen molar-refractivity contribution in [3.05, 3.63) is 41.7 Å². The maximum absolute atomic E-state index is 11.1. The average molecular weight is 205 g/mol. The smallest absolute Gasteiger partial charge is 0.225 e. The number of hydrogen-bond acceptors (Lipinski definition) is 3. The van der Waals surface area contributed by atoms with Crippen molar-refractivity contribution in [2.24, 2.45) is 5.73 Å². The van der Waals surface area contributed by atoms with E-state index in [2.05, 4.69) is 0 Å². The largest absolute Gasteiger partial charge is 0.504 e. The van der Waals surface area contributed by atoms with Crippen LogP contribution in [0, 0.1) is 0 Å². The van der Waals surface area contributed by atoms with Crippen molar-refractivity contribution < 1.29 is 14.7 Å². The second-order valence-electron chi connectivity index (χ2n) is 3.01. The molecule has 15 heavy (non-hydrogen) atoms. The molecule has 1 aromatic rings. The first-order valence-corrected chi connectivity index (χ1v) is 4.37. The van der Waals surface area contributed by atoms with Gasteiger partial charge in [0.1, 0.15) is 0 Å². The third-order valence-electron chi connectivity index (χ3n) is 1.72. The number of carbonyl (C=O) groups excluding carboxylic acids is 2. The Balaban J connectivity index is 2.76. The molecule has 1 amide bonds. The van der Waals surface area contributed by atoms with Gasteiger partial charge in [0.25, 0.3) is 0 Å². The highest BCUT2D eigenvalue weighted by atomic mass is 16.3. The molecule has 4 nitrogen and oxygen atoms in total. The van der Waals surface area contributed by atoms with Crippen LogP contribution in [0.25, 0.3) is 6.08 Å². The van der Waals surface area contributed by atoms with Gasteiger partial charge in [0.2, 0.25) is 11.7 Å². The van der Waals surface area contributed by atoms with Crippen molar-refractivity contribution in [2.75, 3.05) is 0 Å². The minimum Gasteiger partial charge on any atom is -0.504 e. The van der Waals surface area contributed by atoms with Crippen LogP contribution in [0.15, 0.2) is 36.1 Å². The van der Waals surface area contributed by atoms with E-state index < -0.39 is 23.9 Å². The number of hydrogen-bond donors (Lipinski definition) is 2. The number of nitrogens with two attached hydrogens (primary N) is 1. The predicted molar refractivity (Wildman–Crippen MR) is 55.9 cm³/mol. The number of amides is 1. The van der Waals surface area contributed by atoms with Gasteiger partial charge in [-0.1, -0.05) is 30.3 Å². The van der Waals surface area contributed by atoms with E-state index >= 15 is 0 Å². The monoisotopic (exact) mass is 205 g/mol. The highest BCUT2D eigenvalue weighted by molar-refractivity contribution is 6.07. The third-order valence-corrected chi connectivity index (χ3v) is 1.72. The van der Waals surface area contributed by atoms with Gasteiger partial charge in [-0.05, 0) is 11.6 Å². The Morgan fingerprint density at radius 3 is 2.40 bits per heavy atom. The number of aliphatic hydroxyl groups excluding tert-OH is 1. The van der Waals surface area contributed by atoms with E-state index in [1.54, 1.807) is 24.3 Å². The van der Waals surface area contributed by atoms with Crippen LogP contribution in [0.3, 0.4) is 0 Å². The fourth-order valence-electron chi connectivity index (χ4n) is 1.04. The van der Waals surface area contributed by atoms with Crippen LogP contribution >= 0.6 is 0 Å². The van der Waals surface area contributed by atoms with Gasteiger partial charge < -0.3 is 10.8 Å². The molecule has 0 atom stereocenters. The summed E-state index contributed by atoms with van der Waals surface area (Å²) in [6.45, 7) is 0. The Kier molecular flexibility index (Phi) is 3.62. The van der Waals surface area contributed by atoms with Crippen molar-refractivity contribution in [1.29, 1.82) is 0 Å². The quantitative estimate of drug-likeness (QED) is 0.437. The van der Waals surface area contributed by atoms with Gasteiger partial charge in [0.15, 0.2) is 5.76 Å².